The number of nitrogens with zero attached hydrogens (tertiary/aromatic N) is 2. The number of hydrogen-bond donors (Lipinski definition) is 1. The van der Waals surface area contributed by atoms with Gasteiger partial charge >= 0.3 is 0 Å². The zero-order valence-corrected chi connectivity index (χ0v) is 10.2. The maximum atomic E-state index is 13.4. The van der Waals surface area contributed by atoms with Crippen LogP contribution in [-0.2, 0) is 19.4 Å². The molecule has 0 saturated heterocycles. The first-order valence-corrected chi connectivity index (χ1v) is 6.18. The van der Waals surface area contributed by atoms with Gasteiger partial charge in [-0.3, -0.25) is 0 Å². The van der Waals surface area contributed by atoms with Crippen molar-refractivity contribution in [3.8, 4) is 0 Å². The van der Waals surface area contributed by atoms with E-state index < -0.39 is 0 Å². The van der Waals surface area contributed by atoms with Crippen LogP contribution in [0.25, 0.3) is 0 Å². The largest absolute Gasteiger partial charge is 0.390 e. The zero-order valence-electron chi connectivity index (χ0n) is 9.43. The molecular weight excluding hydrogens is 239 g/mol. The minimum atomic E-state index is -0.198. The molecule has 1 N–H and O–H groups in total. The molecule has 17 heavy (non-hydrogen) atoms. The highest BCUT2D eigenvalue weighted by Gasteiger charge is 2.08. The summed E-state index contributed by atoms with van der Waals surface area (Å²) >= 11 is 1.45. The third-order valence-electron chi connectivity index (χ3n) is 2.52. The molecule has 0 spiro atoms. The molecule has 0 amide bonds. The molecule has 0 saturated carbocycles. The summed E-state index contributed by atoms with van der Waals surface area (Å²) in [7, 11) is 1.84. The number of aliphatic hydroxyl groups is 1. The molecule has 0 aliphatic heterocycles. The van der Waals surface area contributed by atoms with Gasteiger partial charge in [-0.25, -0.2) is 9.37 Å². The van der Waals surface area contributed by atoms with Crippen LogP contribution in [0.4, 0.5) is 4.39 Å². The fourth-order valence-corrected chi connectivity index (χ4v) is 2.42. The minimum Gasteiger partial charge on any atom is -0.390 e. The van der Waals surface area contributed by atoms with Gasteiger partial charge < -0.3 is 9.67 Å². The number of rotatable bonds is 4. The van der Waals surface area contributed by atoms with Gasteiger partial charge in [-0.05, 0) is 11.6 Å². The van der Waals surface area contributed by atoms with E-state index in [9.17, 15) is 4.39 Å². The fraction of sp³-hybridized carbons (Fsp3) is 0.250. The highest BCUT2D eigenvalue weighted by molar-refractivity contribution is 7.98. The Bertz CT molecular complexity index is 513. The van der Waals surface area contributed by atoms with E-state index in [2.05, 4.69) is 4.98 Å². The molecule has 1 heterocycles. The lowest BCUT2D eigenvalue weighted by molar-refractivity contribution is 0.271. The minimum absolute atomic E-state index is 0.0379. The van der Waals surface area contributed by atoms with Crippen LogP contribution in [-0.4, -0.2) is 14.7 Å². The van der Waals surface area contributed by atoms with Gasteiger partial charge in [0, 0.05) is 12.8 Å². The van der Waals surface area contributed by atoms with Crippen LogP contribution in [0.3, 0.4) is 0 Å². The van der Waals surface area contributed by atoms with Gasteiger partial charge in [-0.1, -0.05) is 30.0 Å². The molecule has 90 valence electrons. The van der Waals surface area contributed by atoms with Crippen molar-refractivity contribution >= 4 is 11.8 Å². The van der Waals surface area contributed by atoms with Crippen LogP contribution in [0.2, 0.25) is 0 Å². The zero-order chi connectivity index (χ0) is 12.3. The Balaban J connectivity index is 2.07. The summed E-state index contributed by atoms with van der Waals surface area (Å²) in [6, 6.07) is 6.70. The van der Waals surface area contributed by atoms with Crippen molar-refractivity contribution in [1.82, 2.24) is 9.55 Å². The van der Waals surface area contributed by atoms with Crippen LogP contribution in [0.5, 0.6) is 0 Å². The Morgan fingerprint density at radius 3 is 2.82 bits per heavy atom. The molecule has 0 fully saturated rings. The average molecular weight is 252 g/mol. The third-order valence-corrected chi connectivity index (χ3v) is 3.61. The molecule has 1 aromatic carbocycles. The van der Waals surface area contributed by atoms with Crippen LogP contribution < -0.4 is 0 Å². The van der Waals surface area contributed by atoms with Crippen molar-refractivity contribution in [1.29, 1.82) is 0 Å². The first kappa shape index (κ1) is 12.1. The SMILES string of the molecule is Cn1c(CO)cnc1SCc1ccccc1F. The first-order chi connectivity index (χ1) is 8.22. The summed E-state index contributed by atoms with van der Waals surface area (Å²) < 4.78 is 15.2. The molecule has 0 unspecified atom stereocenters. The summed E-state index contributed by atoms with van der Waals surface area (Å²) in [6.07, 6.45) is 1.63. The van der Waals surface area contributed by atoms with E-state index >= 15 is 0 Å². The summed E-state index contributed by atoms with van der Waals surface area (Å²) in [4.78, 5) is 4.17. The normalized spacial score (nSPS) is 10.8. The number of halogens is 1. The summed E-state index contributed by atoms with van der Waals surface area (Å²) in [5, 5.41) is 9.81. The van der Waals surface area contributed by atoms with Gasteiger partial charge in [0.2, 0.25) is 0 Å². The highest BCUT2D eigenvalue weighted by Crippen LogP contribution is 2.23. The van der Waals surface area contributed by atoms with Gasteiger partial charge in [-0.2, -0.15) is 0 Å². The summed E-state index contributed by atoms with van der Waals surface area (Å²) in [6.45, 7) is -0.0379. The second-order valence-electron chi connectivity index (χ2n) is 3.63. The number of thioether (sulfide) groups is 1. The first-order valence-electron chi connectivity index (χ1n) is 5.20. The van der Waals surface area contributed by atoms with Crippen LogP contribution in [0.15, 0.2) is 35.6 Å². The Morgan fingerprint density at radius 1 is 1.41 bits per heavy atom. The van der Waals surface area contributed by atoms with E-state index in [0.717, 1.165) is 10.9 Å². The van der Waals surface area contributed by atoms with E-state index in [1.165, 1.54) is 17.8 Å². The number of aromatic nitrogens is 2. The van der Waals surface area contributed by atoms with Gasteiger partial charge in [0.25, 0.3) is 0 Å². The van der Waals surface area contributed by atoms with E-state index in [-0.39, 0.29) is 12.4 Å². The smallest absolute Gasteiger partial charge is 0.168 e. The summed E-state index contributed by atoms with van der Waals surface area (Å²) in [5.41, 5.74) is 1.41. The second-order valence-corrected chi connectivity index (χ2v) is 4.57. The molecule has 0 bridgehead atoms. The van der Waals surface area contributed by atoms with E-state index in [1.54, 1.807) is 18.3 Å². The second kappa shape index (κ2) is 5.33. The lowest BCUT2D eigenvalue weighted by Gasteiger charge is -2.04. The quantitative estimate of drug-likeness (QED) is 0.849. The van der Waals surface area contributed by atoms with Crippen LogP contribution in [0, 0.1) is 5.82 Å². The standard InChI is InChI=1S/C12H13FN2OS/c1-15-10(7-16)6-14-12(15)17-8-9-4-2-3-5-11(9)13/h2-6,16H,7-8H2,1H3. The maximum Gasteiger partial charge on any atom is 0.168 e. The molecule has 2 aromatic rings. The molecule has 5 heteroatoms. The lowest BCUT2D eigenvalue weighted by atomic mass is 10.2. The van der Waals surface area contributed by atoms with E-state index in [1.807, 2.05) is 17.7 Å². The Hall–Kier alpha value is -1.33. The van der Waals surface area contributed by atoms with Crippen molar-refractivity contribution < 1.29 is 9.50 Å². The average Bonchev–Trinajstić information content (AvgIpc) is 2.69. The number of imidazole rings is 1. The van der Waals surface area contributed by atoms with E-state index in [4.69, 9.17) is 5.11 Å². The third kappa shape index (κ3) is 2.68. The molecular formula is C12H13FN2OS. The van der Waals surface area contributed by atoms with Crippen molar-refractivity contribution in [3.05, 3.63) is 47.5 Å². The van der Waals surface area contributed by atoms with Crippen molar-refractivity contribution in [2.75, 3.05) is 0 Å². The van der Waals surface area contributed by atoms with Gasteiger partial charge in [-0.15, -0.1) is 0 Å². The number of hydrogen-bond acceptors (Lipinski definition) is 3. The molecule has 0 radical (unpaired) electrons. The van der Waals surface area contributed by atoms with Crippen molar-refractivity contribution in [2.45, 2.75) is 17.5 Å². The predicted molar refractivity (Wildman–Crippen MR) is 65.1 cm³/mol. The van der Waals surface area contributed by atoms with Gasteiger partial charge in [0.15, 0.2) is 5.16 Å². The highest BCUT2D eigenvalue weighted by atomic mass is 32.2. The van der Waals surface area contributed by atoms with Gasteiger partial charge in [0.05, 0.1) is 18.5 Å². The Morgan fingerprint density at radius 2 is 2.18 bits per heavy atom. The molecule has 0 atom stereocenters. The van der Waals surface area contributed by atoms with Crippen LogP contribution in [0.1, 0.15) is 11.3 Å². The fourth-order valence-electron chi connectivity index (χ4n) is 1.46. The topological polar surface area (TPSA) is 38.0 Å². The molecule has 0 aliphatic carbocycles. The Labute approximate surface area is 103 Å². The summed E-state index contributed by atoms with van der Waals surface area (Å²) in [5.74, 6) is 0.333. The Kier molecular flexibility index (Phi) is 3.81. The lowest BCUT2D eigenvalue weighted by Crippen LogP contribution is -1.97. The number of benzene rings is 1. The number of aliphatic hydroxyl groups excluding tert-OH is 1. The predicted octanol–water partition coefficient (Wildman–Crippen LogP) is 2.34. The monoisotopic (exact) mass is 252 g/mol. The molecule has 3 nitrogen and oxygen atoms in total. The van der Waals surface area contributed by atoms with Crippen molar-refractivity contribution in [3.63, 3.8) is 0 Å². The molecule has 2 rings (SSSR count). The molecule has 0 aliphatic rings. The van der Waals surface area contributed by atoms with Crippen LogP contribution >= 0.6 is 11.8 Å². The maximum absolute atomic E-state index is 13.4. The van der Waals surface area contributed by atoms with Crippen molar-refractivity contribution in [2.24, 2.45) is 7.05 Å². The van der Waals surface area contributed by atoms with Gasteiger partial charge in [0.1, 0.15) is 5.82 Å². The van der Waals surface area contributed by atoms with E-state index in [0.29, 0.717) is 11.3 Å². The molecule has 1 aromatic heterocycles.